The summed E-state index contributed by atoms with van der Waals surface area (Å²) in [6.45, 7) is 4.18. The first-order valence-electron chi connectivity index (χ1n) is 9.47. The van der Waals surface area contributed by atoms with Crippen LogP contribution in [0.1, 0.15) is 31.9 Å². The summed E-state index contributed by atoms with van der Waals surface area (Å²) < 4.78 is 5.89. The van der Waals surface area contributed by atoms with Gasteiger partial charge in [0.2, 0.25) is 0 Å². The number of aromatic nitrogens is 1. The normalized spacial score (nSPS) is 18.4. The van der Waals surface area contributed by atoms with Gasteiger partial charge in [0.15, 0.2) is 6.10 Å². The number of carbonyl (C=O) groups excluding carboxylic acids is 1. The largest absolute Gasteiger partial charge is 0.479 e. The molecule has 1 aliphatic heterocycles. The van der Waals surface area contributed by atoms with Gasteiger partial charge in [-0.25, -0.2) is 0 Å². The lowest BCUT2D eigenvalue weighted by Gasteiger charge is -2.33. The fourth-order valence-electron chi connectivity index (χ4n) is 3.38. The molecule has 144 valence electrons. The van der Waals surface area contributed by atoms with E-state index >= 15 is 0 Å². The second kappa shape index (κ2) is 9.72. The SMILES string of the molecule is CC(Oc1ccccc1Cl)C(=O)N(Cc1ccccn1)C1CCCNCC1. The molecule has 27 heavy (non-hydrogen) atoms. The van der Waals surface area contributed by atoms with Crippen molar-refractivity contribution in [3.8, 4) is 5.75 Å². The van der Waals surface area contributed by atoms with Crippen molar-refractivity contribution in [2.45, 2.75) is 44.9 Å². The lowest BCUT2D eigenvalue weighted by Crippen LogP contribution is -2.46. The van der Waals surface area contributed by atoms with Gasteiger partial charge in [-0.15, -0.1) is 0 Å². The van der Waals surface area contributed by atoms with Gasteiger partial charge in [-0.2, -0.15) is 0 Å². The highest BCUT2D eigenvalue weighted by atomic mass is 35.5. The third kappa shape index (κ3) is 5.44. The van der Waals surface area contributed by atoms with E-state index < -0.39 is 6.10 Å². The number of ether oxygens (including phenoxy) is 1. The van der Waals surface area contributed by atoms with Gasteiger partial charge in [0, 0.05) is 12.2 Å². The van der Waals surface area contributed by atoms with Crippen LogP contribution in [0.5, 0.6) is 5.75 Å². The molecule has 1 aliphatic rings. The minimum atomic E-state index is -0.621. The second-order valence-corrected chi connectivity index (χ2v) is 7.22. The van der Waals surface area contributed by atoms with Crippen molar-refractivity contribution in [1.29, 1.82) is 0 Å². The maximum absolute atomic E-state index is 13.3. The summed E-state index contributed by atoms with van der Waals surface area (Å²) in [6.07, 6.45) is 4.10. The zero-order chi connectivity index (χ0) is 19.1. The van der Waals surface area contributed by atoms with Crippen molar-refractivity contribution in [1.82, 2.24) is 15.2 Å². The first kappa shape index (κ1) is 19.6. The Kier molecular flexibility index (Phi) is 7.07. The monoisotopic (exact) mass is 387 g/mol. The van der Waals surface area contributed by atoms with Crippen molar-refractivity contribution in [2.75, 3.05) is 13.1 Å². The van der Waals surface area contributed by atoms with E-state index in [1.54, 1.807) is 25.3 Å². The number of carbonyl (C=O) groups is 1. The number of nitrogens with one attached hydrogen (secondary N) is 1. The Labute approximate surface area is 165 Å². The molecular formula is C21H26ClN3O2. The number of pyridine rings is 1. The number of benzene rings is 1. The van der Waals surface area contributed by atoms with Gasteiger partial charge in [-0.3, -0.25) is 9.78 Å². The summed E-state index contributed by atoms with van der Waals surface area (Å²) >= 11 is 6.18. The minimum absolute atomic E-state index is 0.0347. The third-order valence-electron chi connectivity index (χ3n) is 4.82. The van der Waals surface area contributed by atoms with Gasteiger partial charge >= 0.3 is 0 Å². The Balaban J connectivity index is 1.77. The summed E-state index contributed by atoms with van der Waals surface area (Å²) in [5, 5.41) is 3.92. The van der Waals surface area contributed by atoms with Crippen LogP contribution in [0, 0.1) is 0 Å². The highest BCUT2D eigenvalue weighted by Gasteiger charge is 2.29. The molecule has 0 bridgehead atoms. The van der Waals surface area contributed by atoms with Crippen LogP contribution in [0.4, 0.5) is 0 Å². The van der Waals surface area contributed by atoms with Crippen LogP contribution in [0.25, 0.3) is 0 Å². The van der Waals surface area contributed by atoms with Gasteiger partial charge in [0.05, 0.1) is 17.3 Å². The zero-order valence-corrected chi connectivity index (χ0v) is 16.4. The Morgan fingerprint density at radius 2 is 2.07 bits per heavy atom. The fourth-order valence-corrected chi connectivity index (χ4v) is 3.56. The van der Waals surface area contributed by atoms with Crippen LogP contribution in [-0.2, 0) is 11.3 Å². The molecule has 0 saturated carbocycles. The molecule has 1 saturated heterocycles. The Hall–Kier alpha value is -2.11. The van der Waals surface area contributed by atoms with E-state index in [0.29, 0.717) is 17.3 Å². The number of hydrogen-bond acceptors (Lipinski definition) is 4. The summed E-state index contributed by atoms with van der Waals surface area (Å²) in [7, 11) is 0. The fraction of sp³-hybridized carbons (Fsp3) is 0.429. The average molecular weight is 388 g/mol. The molecule has 3 rings (SSSR count). The van der Waals surface area contributed by atoms with E-state index in [2.05, 4.69) is 10.3 Å². The molecule has 0 aliphatic carbocycles. The maximum atomic E-state index is 13.3. The van der Waals surface area contributed by atoms with Crippen molar-refractivity contribution >= 4 is 17.5 Å². The van der Waals surface area contributed by atoms with Gasteiger partial charge in [0.1, 0.15) is 5.75 Å². The van der Waals surface area contributed by atoms with Crippen LogP contribution in [0.15, 0.2) is 48.7 Å². The molecule has 1 aromatic heterocycles. The molecule has 1 fully saturated rings. The number of rotatable bonds is 6. The van der Waals surface area contributed by atoms with E-state index in [-0.39, 0.29) is 11.9 Å². The van der Waals surface area contributed by atoms with Crippen LogP contribution in [-0.4, -0.2) is 41.0 Å². The number of nitrogens with zero attached hydrogens (tertiary/aromatic N) is 2. The van der Waals surface area contributed by atoms with Gasteiger partial charge in [-0.1, -0.05) is 29.8 Å². The van der Waals surface area contributed by atoms with E-state index in [4.69, 9.17) is 16.3 Å². The lowest BCUT2D eigenvalue weighted by atomic mass is 10.1. The van der Waals surface area contributed by atoms with Crippen LogP contribution >= 0.6 is 11.6 Å². The van der Waals surface area contributed by atoms with Gasteiger partial charge < -0.3 is 15.0 Å². The number of para-hydroxylation sites is 1. The first-order chi connectivity index (χ1) is 13.1. The molecule has 1 aromatic carbocycles. The third-order valence-corrected chi connectivity index (χ3v) is 5.13. The van der Waals surface area contributed by atoms with E-state index in [1.807, 2.05) is 35.2 Å². The van der Waals surface area contributed by atoms with Gasteiger partial charge in [0.25, 0.3) is 5.91 Å². The van der Waals surface area contributed by atoms with E-state index in [0.717, 1.165) is 38.0 Å². The van der Waals surface area contributed by atoms with Crippen LogP contribution in [0.3, 0.4) is 0 Å². The maximum Gasteiger partial charge on any atom is 0.263 e. The van der Waals surface area contributed by atoms with E-state index in [1.165, 1.54) is 0 Å². The molecule has 0 radical (unpaired) electrons. The number of halogens is 1. The Morgan fingerprint density at radius 3 is 2.85 bits per heavy atom. The van der Waals surface area contributed by atoms with Crippen molar-refractivity contribution in [3.63, 3.8) is 0 Å². The molecule has 2 aromatic rings. The molecule has 6 heteroatoms. The molecule has 2 heterocycles. The Bertz CT molecular complexity index is 733. The highest BCUT2D eigenvalue weighted by molar-refractivity contribution is 6.32. The number of amides is 1. The quantitative estimate of drug-likeness (QED) is 0.821. The van der Waals surface area contributed by atoms with E-state index in [9.17, 15) is 4.79 Å². The minimum Gasteiger partial charge on any atom is -0.479 e. The van der Waals surface area contributed by atoms with Crippen molar-refractivity contribution in [2.24, 2.45) is 0 Å². The summed E-state index contributed by atoms with van der Waals surface area (Å²) in [4.78, 5) is 19.6. The second-order valence-electron chi connectivity index (χ2n) is 6.81. The van der Waals surface area contributed by atoms with Crippen LogP contribution < -0.4 is 10.1 Å². The summed E-state index contributed by atoms with van der Waals surface area (Å²) in [6, 6.07) is 13.2. The topological polar surface area (TPSA) is 54.5 Å². The zero-order valence-electron chi connectivity index (χ0n) is 15.6. The average Bonchev–Trinajstić information content (AvgIpc) is 2.97. The first-order valence-corrected chi connectivity index (χ1v) is 9.85. The molecule has 2 unspecified atom stereocenters. The molecular weight excluding hydrogens is 362 g/mol. The van der Waals surface area contributed by atoms with Crippen molar-refractivity contribution in [3.05, 3.63) is 59.4 Å². The highest BCUT2D eigenvalue weighted by Crippen LogP contribution is 2.25. The molecule has 1 N–H and O–H groups in total. The Morgan fingerprint density at radius 1 is 1.26 bits per heavy atom. The lowest BCUT2D eigenvalue weighted by molar-refractivity contribution is -0.141. The van der Waals surface area contributed by atoms with Crippen LogP contribution in [0.2, 0.25) is 5.02 Å². The smallest absolute Gasteiger partial charge is 0.263 e. The molecule has 1 amide bonds. The van der Waals surface area contributed by atoms with Gasteiger partial charge in [-0.05, 0) is 63.5 Å². The number of hydrogen-bond donors (Lipinski definition) is 1. The summed E-state index contributed by atoms with van der Waals surface area (Å²) in [5.41, 5.74) is 0.882. The van der Waals surface area contributed by atoms with Crippen molar-refractivity contribution < 1.29 is 9.53 Å². The summed E-state index contributed by atoms with van der Waals surface area (Å²) in [5.74, 6) is 0.493. The predicted molar refractivity (Wildman–Crippen MR) is 107 cm³/mol. The standard InChI is InChI=1S/C21H26ClN3O2/c1-16(27-20-10-3-2-9-19(20)22)21(26)25(15-17-7-4-5-13-24-17)18-8-6-12-23-14-11-18/h2-5,7,9-10,13,16,18,23H,6,8,11-12,14-15H2,1H3. The molecule has 2 atom stereocenters. The molecule has 0 spiro atoms. The predicted octanol–water partition coefficient (Wildman–Crippen LogP) is 3.67. The molecule has 5 nitrogen and oxygen atoms in total.